The predicted octanol–water partition coefficient (Wildman–Crippen LogP) is 3.13. The highest BCUT2D eigenvalue weighted by atomic mass is 32.2. The van der Waals surface area contributed by atoms with Crippen LogP contribution in [0.3, 0.4) is 0 Å². The maximum Gasteiger partial charge on any atom is 0.274 e. The molecule has 1 atom stereocenters. The van der Waals surface area contributed by atoms with Crippen LogP contribution < -0.4 is 9.80 Å². The van der Waals surface area contributed by atoms with Crippen molar-refractivity contribution >= 4 is 33.0 Å². The van der Waals surface area contributed by atoms with Crippen molar-refractivity contribution in [3.63, 3.8) is 0 Å². The molecule has 9 heteroatoms. The molecule has 5 rings (SSSR count). The Hall–Kier alpha value is -3.59. The van der Waals surface area contributed by atoms with Gasteiger partial charge in [0.05, 0.1) is 12.2 Å². The number of carbonyl (C=O) groups excluding carboxylic acids is 2. The molecule has 2 aliphatic heterocycles. The Morgan fingerprint density at radius 3 is 2.31 bits per heavy atom. The molecular weight excluding hydrogens is 438 g/mol. The third kappa shape index (κ3) is 2.70. The van der Waals surface area contributed by atoms with Crippen LogP contribution in [0, 0.1) is 11.6 Å². The summed E-state index contributed by atoms with van der Waals surface area (Å²) in [5.41, 5.74) is 0.997. The summed E-state index contributed by atoms with van der Waals surface area (Å²) in [5, 5.41) is 0. The highest BCUT2D eigenvalue weighted by Gasteiger charge is 2.69. The summed E-state index contributed by atoms with van der Waals surface area (Å²) in [6.45, 7) is -0.0870. The molecule has 3 aromatic carbocycles. The zero-order valence-corrected chi connectivity index (χ0v) is 17.4. The Morgan fingerprint density at radius 1 is 0.875 bits per heavy atom. The van der Waals surface area contributed by atoms with Gasteiger partial charge in [0, 0.05) is 11.3 Å². The van der Waals surface area contributed by atoms with Crippen LogP contribution >= 0.6 is 0 Å². The first kappa shape index (κ1) is 20.3. The maximum absolute atomic E-state index is 13.9. The van der Waals surface area contributed by atoms with Gasteiger partial charge in [0.25, 0.3) is 10.8 Å². The van der Waals surface area contributed by atoms with Crippen LogP contribution in [0.2, 0.25) is 0 Å². The lowest BCUT2D eigenvalue weighted by Crippen LogP contribution is -2.54. The van der Waals surface area contributed by atoms with E-state index in [1.54, 1.807) is 24.3 Å². The number of sulfone groups is 1. The van der Waals surface area contributed by atoms with Crippen molar-refractivity contribution in [1.82, 2.24) is 0 Å². The first-order valence-electron chi connectivity index (χ1n) is 9.72. The van der Waals surface area contributed by atoms with E-state index in [0.717, 1.165) is 17.0 Å². The van der Waals surface area contributed by atoms with E-state index >= 15 is 0 Å². The fourth-order valence-corrected chi connectivity index (χ4v) is 6.49. The molecule has 32 heavy (non-hydrogen) atoms. The third-order valence-corrected chi connectivity index (χ3v) is 7.84. The van der Waals surface area contributed by atoms with E-state index in [2.05, 4.69) is 0 Å². The number of hydrogen-bond donors (Lipinski definition) is 0. The van der Waals surface area contributed by atoms with E-state index in [0.29, 0.717) is 11.3 Å². The van der Waals surface area contributed by atoms with E-state index in [9.17, 15) is 26.8 Å². The standard InChI is InChI=1S/C23H16F2N2O4S/c24-16-8-10-18(11-9-16)27-21(28)14-32(30,31)23(27)19-6-1-2-7-20(19)26(22(23)29)13-15-4-3-5-17(25)12-15/h1-12H,13-14H2/t23-/m0/s1. The number of carbonyl (C=O) groups is 2. The fourth-order valence-electron chi connectivity index (χ4n) is 4.46. The molecule has 0 aliphatic carbocycles. The number of halogens is 2. The van der Waals surface area contributed by atoms with Crippen LogP contribution in [0.5, 0.6) is 0 Å². The molecule has 2 heterocycles. The lowest BCUT2D eigenvalue weighted by molar-refractivity contribution is -0.123. The Morgan fingerprint density at radius 2 is 1.59 bits per heavy atom. The minimum atomic E-state index is -4.32. The van der Waals surface area contributed by atoms with Gasteiger partial charge in [-0.25, -0.2) is 17.2 Å². The summed E-state index contributed by atoms with van der Waals surface area (Å²) in [7, 11) is -4.32. The topological polar surface area (TPSA) is 74.8 Å². The average molecular weight is 454 g/mol. The molecule has 6 nitrogen and oxygen atoms in total. The van der Waals surface area contributed by atoms with Gasteiger partial charge in [0.2, 0.25) is 5.91 Å². The lowest BCUT2D eigenvalue weighted by Gasteiger charge is -2.32. The second-order valence-electron chi connectivity index (χ2n) is 7.65. The molecule has 1 saturated heterocycles. The van der Waals surface area contributed by atoms with Crippen molar-refractivity contribution in [2.45, 2.75) is 11.4 Å². The van der Waals surface area contributed by atoms with Crippen LogP contribution in [0.15, 0.2) is 72.8 Å². The van der Waals surface area contributed by atoms with Crippen LogP contribution in [-0.2, 0) is 30.8 Å². The molecule has 0 radical (unpaired) electrons. The number of para-hydroxylation sites is 1. The van der Waals surface area contributed by atoms with Gasteiger partial charge >= 0.3 is 0 Å². The Bertz CT molecular complexity index is 1370. The van der Waals surface area contributed by atoms with Crippen LogP contribution in [0.1, 0.15) is 11.1 Å². The second-order valence-corrected chi connectivity index (χ2v) is 9.76. The molecule has 3 aromatic rings. The van der Waals surface area contributed by atoms with Gasteiger partial charge in [-0.3, -0.25) is 14.5 Å². The Balaban J connectivity index is 1.73. The van der Waals surface area contributed by atoms with Gasteiger partial charge in [0.1, 0.15) is 17.4 Å². The number of rotatable bonds is 3. The van der Waals surface area contributed by atoms with E-state index in [4.69, 9.17) is 0 Å². The number of benzene rings is 3. The van der Waals surface area contributed by atoms with Crippen molar-refractivity contribution in [1.29, 1.82) is 0 Å². The highest BCUT2D eigenvalue weighted by molar-refractivity contribution is 7.94. The molecular formula is C23H16F2N2O4S. The summed E-state index contributed by atoms with van der Waals surface area (Å²) >= 11 is 0. The predicted molar refractivity (Wildman–Crippen MR) is 113 cm³/mol. The number of hydrogen-bond acceptors (Lipinski definition) is 4. The SMILES string of the molecule is O=C1CS(=O)(=O)[C@@]2(C(=O)N(Cc3cccc(F)c3)c3ccccc32)N1c1ccc(F)cc1. The van der Waals surface area contributed by atoms with Crippen LogP contribution in [-0.4, -0.2) is 26.0 Å². The van der Waals surface area contributed by atoms with Gasteiger partial charge in [-0.15, -0.1) is 0 Å². The zero-order chi connectivity index (χ0) is 22.7. The summed E-state index contributed by atoms with van der Waals surface area (Å²) in [4.78, 5) is 26.7. The summed E-state index contributed by atoms with van der Waals surface area (Å²) < 4.78 is 54.1. The lowest BCUT2D eigenvalue weighted by atomic mass is 10.0. The number of anilines is 2. The maximum atomic E-state index is 13.9. The largest absolute Gasteiger partial charge is 0.304 e. The van der Waals surface area contributed by atoms with E-state index in [-0.39, 0.29) is 17.8 Å². The normalized spacial score (nSPS) is 21.4. The number of fused-ring (bicyclic) bond motifs is 2. The molecule has 0 saturated carbocycles. The first-order chi connectivity index (χ1) is 15.3. The molecule has 1 spiro atoms. The third-order valence-electron chi connectivity index (χ3n) is 5.74. The van der Waals surface area contributed by atoms with Gasteiger partial charge in [0.15, 0.2) is 9.84 Å². The summed E-state index contributed by atoms with van der Waals surface area (Å²) in [5.74, 6) is -3.54. The molecule has 0 aromatic heterocycles. The van der Waals surface area contributed by atoms with Gasteiger partial charge in [-0.2, -0.15) is 0 Å². The molecule has 1 fully saturated rings. The van der Waals surface area contributed by atoms with Gasteiger partial charge in [-0.1, -0.05) is 30.3 Å². The van der Waals surface area contributed by atoms with E-state index in [1.807, 2.05) is 0 Å². The van der Waals surface area contributed by atoms with Crippen LogP contribution in [0.25, 0.3) is 0 Å². The van der Waals surface area contributed by atoms with Crippen molar-refractivity contribution in [2.75, 3.05) is 15.6 Å². The molecule has 2 aliphatic rings. The minimum Gasteiger partial charge on any atom is -0.304 e. The smallest absolute Gasteiger partial charge is 0.274 e. The number of amides is 2. The average Bonchev–Trinajstić information content (AvgIpc) is 3.12. The first-order valence-corrected chi connectivity index (χ1v) is 11.4. The van der Waals surface area contributed by atoms with Crippen molar-refractivity contribution < 1.29 is 26.8 Å². The molecule has 0 unspecified atom stereocenters. The fraction of sp³-hybridized carbons (Fsp3) is 0.130. The highest BCUT2D eigenvalue weighted by Crippen LogP contribution is 2.52. The Kier molecular flexibility index (Phi) is 4.42. The van der Waals surface area contributed by atoms with Gasteiger partial charge in [-0.05, 0) is 48.0 Å². The Labute approximate surface area is 182 Å². The van der Waals surface area contributed by atoms with Crippen molar-refractivity contribution in [2.24, 2.45) is 0 Å². The monoisotopic (exact) mass is 454 g/mol. The molecule has 2 amide bonds. The zero-order valence-electron chi connectivity index (χ0n) is 16.5. The summed E-state index contributed by atoms with van der Waals surface area (Å²) in [6, 6.07) is 16.7. The van der Waals surface area contributed by atoms with Gasteiger partial charge < -0.3 is 4.90 Å². The second kappa shape index (κ2) is 6.96. The molecule has 0 N–H and O–H groups in total. The minimum absolute atomic E-state index is 0.0870. The van der Waals surface area contributed by atoms with E-state index < -0.39 is 43.9 Å². The molecule has 0 bridgehead atoms. The van der Waals surface area contributed by atoms with Crippen molar-refractivity contribution in [3.05, 3.63) is 95.6 Å². The quantitative estimate of drug-likeness (QED) is 0.610. The summed E-state index contributed by atoms with van der Waals surface area (Å²) in [6.07, 6.45) is 0. The van der Waals surface area contributed by atoms with Crippen molar-refractivity contribution in [3.8, 4) is 0 Å². The molecule has 162 valence electrons. The number of nitrogens with zero attached hydrogens (tertiary/aromatic N) is 2. The van der Waals surface area contributed by atoms with E-state index in [1.165, 1.54) is 41.3 Å². The van der Waals surface area contributed by atoms with Crippen LogP contribution in [0.4, 0.5) is 20.2 Å².